The highest BCUT2D eigenvalue weighted by Crippen LogP contribution is 2.03. The number of rotatable bonds is 6. The van der Waals surface area contributed by atoms with Crippen LogP contribution < -0.4 is 10.6 Å². The van der Waals surface area contributed by atoms with Gasteiger partial charge in [0.05, 0.1) is 0 Å². The van der Waals surface area contributed by atoms with Crippen molar-refractivity contribution in [2.24, 2.45) is 11.8 Å². The Bertz CT molecular complexity index is 367. The number of carboxylic acid groups (broad SMARTS) is 2. The van der Waals surface area contributed by atoms with Crippen LogP contribution in [-0.2, 0) is 19.2 Å². The maximum absolute atomic E-state index is 11.6. The predicted molar refractivity (Wildman–Crippen MR) is 68.8 cm³/mol. The van der Waals surface area contributed by atoms with Crippen LogP contribution in [0.3, 0.4) is 0 Å². The van der Waals surface area contributed by atoms with Gasteiger partial charge in [-0.3, -0.25) is 9.59 Å². The summed E-state index contributed by atoms with van der Waals surface area (Å²) in [6.45, 7) is 6.30. The van der Waals surface area contributed by atoms with Gasteiger partial charge in [-0.15, -0.1) is 0 Å². The summed E-state index contributed by atoms with van der Waals surface area (Å²) in [5.41, 5.74) is 0. The normalized spacial score (nSPS) is 13.7. The van der Waals surface area contributed by atoms with Gasteiger partial charge >= 0.3 is 23.8 Å². The van der Waals surface area contributed by atoms with E-state index in [2.05, 4.69) is 10.6 Å². The summed E-state index contributed by atoms with van der Waals surface area (Å²) in [5, 5.41) is 21.9. The Morgan fingerprint density at radius 3 is 1.10 bits per heavy atom. The van der Waals surface area contributed by atoms with Crippen LogP contribution in [0, 0.1) is 11.8 Å². The van der Waals surface area contributed by atoms with E-state index in [-0.39, 0.29) is 0 Å². The van der Waals surface area contributed by atoms with Crippen LogP contribution in [0.15, 0.2) is 0 Å². The minimum absolute atomic E-state index is 0.412. The summed E-state index contributed by atoms with van der Waals surface area (Å²) in [6, 6.07) is -2.42. The minimum Gasteiger partial charge on any atom is -0.480 e. The number of hydrogen-bond donors (Lipinski definition) is 4. The summed E-state index contributed by atoms with van der Waals surface area (Å²) >= 11 is 0. The van der Waals surface area contributed by atoms with Crippen molar-refractivity contribution in [2.45, 2.75) is 39.8 Å². The van der Waals surface area contributed by atoms with E-state index in [0.717, 1.165) is 0 Å². The highest BCUT2D eigenvalue weighted by atomic mass is 16.4. The molecule has 8 nitrogen and oxygen atoms in total. The second kappa shape index (κ2) is 7.46. The molecule has 4 N–H and O–H groups in total. The lowest BCUT2D eigenvalue weighted by Gasteiger charge is -2.20. The van der Waals surface area contributed by atoms with Crippen LogP contribution in [0.1, 0.15) is 27.7 Å². The zero-order valence-electron chi connectivity index (χ0n) is 11.8. The Labute approximate surface area is 116 Å². The first kappa shape index (κ1) is 17.9. The lowest BCUT2D eigenvalue weighted by Crippen LogP contribution is -2.53. The number of nitrogens with one attached hydrogen (secondary N) is 2. The average molecular weight is 288 g/mol. The molecule has 0 spiro atoms. The van der Waals surface area contributed by atoms with E-state index >= 15 is 0 Å². The number of aliphatic carboxylic acids is 2. The molecule has 114 valence electrons. The first-order chi connectivity index (χ1) is 9.07. The largest absolute Gasteiger partial charge is 0.480 e. The van der Waals surface area contributed by atoms with Crippen molar-refractivity contribution >= 4 is 23.8 Å². The molecule has 0 radical (unpaired) electrons. The molecular weight excluding hydrogens is 268 g/mol. The Morgan fingerprint density at radius 2 is 0.950 bits per heavy atom. The topological polar surface area (TPSA) is 133 Å². The lowest BCUT2D eigenvalue weighted by atomic mass is 10.0. The first-order valence-electron chi connectivity index (χ1n) is 6.14. The van der Waals surface area contributed by atoms with Crippen molar-refractivity contribution in [3.63, 3.8) is 0 Å². The van der Waals surface area contributed by atoms with Crippen molar-refractivity contribution < 1.29 is 29.4 Å². The number of carboxylic acids is 2. The number of carbonyl (C=O) groups excluding carboxylic acids is 2. The van der Waals surface area contributed by atoms with E-state index in [1.165, 1.54) is 0 Å². The quantitative estimate of drug-likeness (QED) is 0.484. The summed E-state index contributed by atoms with van der Waals surface area (Å²) < 4.78 is 0. The fraction of sp³-hybridized carbons (Fsp3) is 0.667. The molecule has 0 aliphatic rings. The van der Waals surface area contributed by atoms with Crippen LogP contribution in [0.4, 0.5) is 0 Å². The zero-order chi connectivity index (χ0) is 16.0. The Balaban J connectivity index is 4.74. The maximum atomic E-state index is 11.6. The van der Waals surface area contributed by atoms with E-state index in [4.69, 9.17) is 10.2 Å². The van der Waals surface area contributed by atoms with Crippen molar-refractivity contribution in [3.8, 4) is 0 Å². The third-order valence-corrected chi connectivity index (χ3v) is 2.64. The molecule has 0 aromatic heterocycles. The fourth-order valence-corrected chi connectivity index (χ4v) is 1.44. The molecule has 0 rings (SSSR count). The number of amides is 2. The molecule has 2 atom stereocenters. The second-order valence-corrected chi connectivity index (χ2v) is 5.07. The monoisotopic (exact) mass is 288 g/mol. The van der Waals surface area contributed by atoms with Gasteiger partial charge in [0.1, 0.15) is 12.1 Å². The average Bonchev–Trinajstić information content (AvgIpc) is 2.30. The molecule has 0 bridgehead atoms. The van der Waals surface area contributed by atoms with E-state index in [9.17, 15) is 19.2 Å². The van der Waals surface area contributed by atoms with Gasteiger partial charge < -0.3 is 20.8 Å². The highest BCUT2D eigenvalue weighted by molar-refractivity contribution is 6.35. The van der Waals surface area contributed by atoms with Crippen molar-refractivity contribution in [1.82, 2.24) is 10.6 Å². The van der Waals surface area contributed by atoms with Crippen LogP contribution in [0.25, 0.3) is 0 Å². The Hall–Kier alpha value is -2.12. The van der Waals surface area contributed by atoms with Gasteiger partial charge in [-0.2, -0.15) is 0 Å². The zero-order valence-corrected chi connectivity index (χ0v) is 11.8. The van der Waals surface area contributed by atoms with Gasteiger partial charge in [-0.25, -0.2) is 9.59 Å². The summed E-state index contributed by atoms with van der Waals surface area (Å²) in [4.78, 5) is 44.9. The third-order valence-electron chi connectivity index (χ3n) is 2.64. The maximum Gasteiger partial charge on any atom is 0.326 e. The molecule has 0 fully saturated rings. The van der Waals surface area contributed by atoms with Gasteiger partial charge in [0.15, 0.2) is 0 Å². The fourth-order valence-electron chi connectivity index (χ4n) is 1.44. The molecule has 0 heterocycles. The smallest absolute Gasteiger partial charge is 0.326 e. The molecule has 0 aliphatic carbocycles. The van der Waals surface area contributed by atoms with Crippen LogP contribution in [0.2, 0.25) is 0 Å². The van der Waals surface area contributed by atoms with Crippen molar-refractivity contribution in [3.05, 3.63) is 0 Å². The summed E-state index contributed by atoms with van der Waals surface area (Å²) in [5.74, 6) is -5.69. The van der Waals surface area contributed by atoms with Gasteiger partial charge in [-0.1, -0.05) is 27.7 Å². The Morgan fingerprint density at radius 1 is 0.700 bits per heavy atom. The SMILES string of the molecule is CC(C)C(NC(=O)C(=O)NC(C(=O)O)C(C)C)C(=O)O. The lowest BCUT2D eigenvalue weighted by molar-refractivity contribution is -0.148. The van der Waals surface area contributed by atoms with Crippen molar-refractivity contribution in [1.29, 1.82) is 0 Å². The van der Waals surface area contributed by atoms with Gasteiger partial charge in [0.2, 0.25) is 0 Å². The number of carbonyl (C=O) groups is 4. The van der Waals surface area contributed by atoms with E-state index in [1.54, 1.807) is 27.7 Å². The van der Waals surface area contributed by atoms with Crippen LogP contribution >= 0.6 is 0 Å². The molecule has 0 aliphatic heterocycles. The summed E-state index contributed by atoms with van der Waals surface area (Å²) in [7, 11) is 0. The second-order valence-electron chi connectivity index (χ2n) is 5.07. The summed E-state index contributed by atoms with van der Waals surface area (Å²) in [6.07, 6.45) is 0. The Kier molecular flexibility index (Phi) is 6.67. The predicted octanol–water partition coefficient (Wildman–Crippen LogP) is -0.563. The van der Waals surface area contributed by atoms with Gasteiger partial charge in [0, 0.05) is 0 Å². The molecule has 0 aromatic carbocycles. The third kappa shape index (κ3) is 5.25. The highest BCUT2D eigenvalue weighted by Gasteiger charge is 2.30. The molecule has 8 heteroatoms. The van der Waals surface area contributed by atoms with Crippen molar-refractivity contribution in [2.75, 3.05) is 0 Å². The van der Waals surface area contributed by atoms with Crippen LogP contribution in [-0.4, -0.2) is 46.0 Å². The van der Waals surface area contributed by atoms with Gasteiger partial charge in [0.25, 0.3) is 0 Å². The standard InChI is InChI=1S/C12H20N2O6/c1-5(2)7(11(17)18)13-9(15)10(16)14-8(6(3)4)12(19)20/h5-8H,1-4H3,(H,13,15)(H,14,16)(H,17,18)(H,19,20). The van der Waals surface area contributed by atoms with E-state index < -0.39 is 47.7 Å². The molecule has 20 heavy (non-hydrogen) atoms. The van der Waals surface area contributed by atoms with Gasteiger partial charge in [-0.05, 0) is 11.8 Å². The minimum atomic E-state index is -1.26. The molecule has 0 aromatic rings. The van der Waals surface area contributed by atoms with E-state index in [1.807, 2.05) is 0 Å². The van der Waals surface area contributed by atoms with Crippen LogP contribution in [0.5, 0.6) is 0 Å². The molecule has 0 saturated heterocycles. The number of hydrogen-bond acceptors (Lipinski definition) is 4. The first-order valence-corrected chi connectivity index (χ1v) is 6.14. The molecule has 0 saturated carbocycles. The molecular formula is C12H20N2O6. The molecule has 2 amide bonds. The van der Waals surface area contributed by atoms with E-state index in [0.29, 0.717) is 0 Å². The molecule has 2 unspecified atom stereocenters.